The van der Waals surface area contributed by atoms with Gasteiger partial charge in [-0.1, -0.05) is 79.4 Å². The van der Waals surface area contributed by atoms with E-state index in [0.29, 0.717) is 5.75 Å². The van der Waals surface area contributed by atoms with Gasteiger partial charge in [0.2, 0.25) is 0 Å². The number of carbonyl (C=O) groups excluding carboxylic acids is 1. The summed E-state index contributed by atoms with van der Waals surface area (Å²) in [6, 6.07) is 28.6. The Kier molecular flexibility index (Phi) is 6.55. The van der Waals surface area contributed by atoms with Gasteiger partial charge >= 0.3 is 5.97 Å². The van der Waals surface area contributed by atoms with E-state index in [1.165, 1.54) is 16.7 Å². The maximum Gasteiger partial charge on any atom is 0.335 e. The molecule has 0 spiro atoms. The molecule has 0 aliphatic carbocycles. The van der Waals surface area contributed by atoms with Gasteiger partial charge in [-0.2, -0.15) is 0 Å². The van der Waals surface area contributed by atoms with Crippen molar-refractivity contribution in [3.63, 3.8) is 0 Å². The van der Waals surface area contributed by atoms with Crippen LogP contribution in [0.3, 0.4) is 0 Å². The number of rotatable bonds is 8. The lowest BCUT2D eigenvalue weighted by molar-refractivity contribution is -0.128. The number of benzene rings is 3. The minimum absolute atomic E-state index is 0.447. The second-order valence-electron chi connectivity index (χ2n) is 6.39. The number of esters is 1. The van der Waals surface area contributed by atoms with Crippen LogP contribution in [-0.4, -0.2) is 10.9 Å². The van der Waals surface area contributed by atoms with E-state index in [0.717, 1.165) is 25.7 Å². The molecule has 3 aromatic carbocycles. The van der Waals surface area contributed by atoms with Crippen LogP contribution in [0.5, 0.6) is 5.75 Å². The van der Waals surface area contributed by atoms with Crippen LogP contribution in [-0.2, 0) is 24.4 Å². The van der Waals surface area contributed by atoms with Crippen molar-refractivity contribution < 1.29 is 9.53 Å². The van der Waals surface area contributed by atoms with Crippen molar-refractivity contribution in [2.75, 3.05) is 0 Å². The molecule has 0 N–H and O–H groups in total. The third-order valence-electron chi connectivity index (χ3n) is 4.21. The van der Waals surface area contributed by atoms with Crippen molar-refractivity contribution in [3.05, 3.63) is 114 Å². The molecule has 0 aromatic heterocycles. The van der Waals surface area contributed by atoms with Gasteiger partial charge < -0.3 is 4.74 Å². The molecule has 0 bridgehead atoms. The number of nitrogens with zero attached hydrogens (tertiary/aromatic N) is 1. The van der Waals surface area contributed by atoms with Crippen LogP contribution >= 0.6 is 0 Å². The van der Waals surface area contributed by atoms with Gasteiger partial charge in [-0.3, -0.25) is 4.90 Å². The lowest BCUT2D eigenvalue weighted by Gasteiger charge is -2.23. The molecule has 27 heavy (non-hydrogen) atoms. The number of ether oxygens (including phenoxy) is 1. The van der Waals surface area contributed by atoms with E-state index in [4.69, 9.17) is 4.74 Å². The second kappa shape index (κ2) is 9.51. The highest BCUT2D eigenvalue weighted by Gasteiger charge is 2.09. The van der Waals surface area contributed by atoms with E-state index in [9.17, 15) is 4.79 Å². The fourth-order valence-electron chi connectivity index (χ4n) is 2.93. The first kappa shape index (κ1) is 18.6. The van der Waals surface area contributed by atoms with Gasteiger partial charge in [0.15, 0.2) is 0 Å². The molecule has 0 saturated carbocycles. The molecule has 0 saturated heterocycles. The van der Waals surface area contributed by atoms with Crippen LogP contribution in [0.1, 0.15) is 16.7 Å². The van der Waals surface area contributed by atoms with E-state index in [1.54, 1.807) is 0 Å². The Morgan fingerprint density at radius 1 is 0.741 bits per heavy atom. The second-order valence-corrected chi connectivity index (χ2v) is 6.39. The van der Waals surface area contributed by atoms with Gasteiger partial charge in [0.25, 0.3) is 0 Å². The maximum absolute atomic E-state index is 11.3. The summed E-state index contributed by atoms with van der Waals surface area (Å²) in [5.74, 6) is 0.0823. The summed E-state index contributed by atoms with van der Waals surface area (Å²) in [5, 5.41) is 0. The molecular weight excluding hydrogens is 334 g/mol. The summed E-state index contributed by atoms with van der Waals surface area (Å²) in [5.41, 5.74) is 3.73. The number of hydrogen-bond donors (Lipinski definition) is 0. The molecule has 3 nitrogen and oxygen atoms in total. The Labute approximate surface area is 160 Å². The topological polar surface area (TPSA) is 29.5 Å². The Bertz CT molecular complexity index is 816. The molecule has 3 aromatic rings. The normalized spacial score (nSPS) is 10.6. The third-order valence-corrected chi connectivity index (χ3v) is 4.21. The van der Waals surface area contributed by atoms with Crippen LogP contribution < -0.4 is 4.74 Å². The summed E-state index contributed by atoms with van der Waals surface area (Å²) in [6.45, 7) is 5.95. The van der Waals surface area contributed by atoms with Crippen molar-refractivity contribution in [1.29, 1.82) is 0 Å². The highest BCUT2D eigenvalue weighted by molar-refractivity contribution is 5.83. The quantitative estimate of drug-likeness (QED) is 0.323. The zero-order chi connectivity index (χ0) is 18.9. The predicted octanol–water partition coefficient (Wildman–Crippen LogP) is 4.98. The Balaban J connectivity index is 1.72. The Hall–Kier alpha value is -3.17. The third kappa shape index (κ3) is 5.94. The standard InChI is InChI=1S/C24H23NO2/c1-2-24(26)27-23-15-13-22(14-16-23)19-25(17-20-9-5-3-6-10-20)18-21-11-7-4-8-12-21/h2-16H,1,17-19H2. The molecule has 3 rings (SSSR count). The van der Waals surface area contributed by atoms with Crippen LogP contribution in [0, 0.1) is 0 Å². The Morgan fingerprint density at radius 3 is 1.63 bits per heavy atom. The minimum Gasteiger partial charge on any atom is -0.423 e. The first-order valence-corrected chi connectivity index (χ1v) is 8.96. The largest absolute Gasteiger partial charge is 0.423 e. The zero-order valence-electron chi connectivity index (χ0n) is 15.3. The highest BCUT2D eigenvalue weighted by Crippen LogP contribution is 2.17. The first-order valence-electron chi connectivity index (χ1n) is 8.96. The van der Waals surface area contributed by atoms with E-state index in [-0.39, 0.29) is 0 Å². The van der Waals surface area contributed by atoms with E-state index >= 15 is 0 Å². The van der Waals surface area contributed by atoms with Crippen molar-refractivity contribution >= 4 is 5.97 Å². The molecule has 0 aliphatic heterocycles. The van der Waals surface area contributed by atoms with Crippen molar-refractivity contribution in [2.45, 2.75) is 19.6 Å². The van der Waals surface area contributed by atoms with Gasteiger partial charge in [0.05, 0.1) is 0 Å². The molecule has 0 aliphatic rings. The maximum atomic E-state index is 11.3. The summed E-state index contributed by atoms with van der Waals surface area (Å²) in [7, 11) is 0. The summed E-state index contributed by atoms with van der Waals surface area (Å²) in [6.07, 6.45) is 1.16. The minimum atomic E-state index is -0.447. The van der Waals surface area contributed by atoms with Crippen LogP contribution in [0.15, 0.2) is 97.6 Å². The molecule has 0 fully saturated rings. The van der Waals surface area contributed by atoms with Crippen molar-refractivity contribution in [1.82, 2.24) is 4.90 Å². The monoisotopic (exact) mass is 357 g/mol. The molecule has 0 atom stereocenters. The summed E-state index contributed by atoms with van der Waals surface area (Å²) >= 11 is 0. The lowest BCUT2D eigenvalue weighted by Crippen LogP contribution is -2.22. The Morgan fingerprint density at radius 2 is 1.19 bits per heavy atom. The summed E-state index contributed by atoms with van der Waals surface area (Å²) < 4.78 is 5.14. The highest BCUT2D eigenvalue weighted by atomic mass is 16.5. The van der Waals surface area contributed by atoms with E-state index in [2.05, 4.69) is 60.0 Å². The zero-order valence-corrected chi connectivity index (χ0v) is 15.3. The SMILES string of the molecule is C=CC(=O)Oc1ccc(CN(Cc2ccccc2)Cc2ccccc2)cc1. The molecule has 136 valence electrons. The van der Waals surface area contributed by atoms with Gasteiger partial charge in [-0.05, 0) is 28.8 Å². The number of hydrogen-bond acceptors (Lipinski definition) is 3. The smallest absolute Gasteiger partial charge is 0.335 e. The molecule has 0 heterocycles. The fourth-order valence-corrected chi connectivity index (χ4v) is 2.93. The van der Waals surface area contributed by atoms with Gasteiger partial charge in [0.1, 0.15) is 5.75 Å². The van der Waals surface area contributed by atoms with Crippen LogP contribution in [0.25, 0.3) is 0 Å². The summed E-state index contributed by atoms with van der Waals surface area (Å²) in [4.78, 5) is 13.7. The molecule has 0 amide bonds. The van der Waals surface area contributed by atoms with Crippen molar-refractivity contribution in [2.24, 2.45) is 0 Å². The van der Waals surface area contributed by atoms with E-state index in [1.807, 2.05) is 36.4 Å². The molecular formula is C24H23NO2. The van der Waals surface area contributed by atoms with Gasteiger partial charge in [-0.25, -0.2) is 4.79 Å². The van der Waals surface area contributed by atoms with Gasteiger partial charge in [0, 0.05) is 25.7 Å². The molecule has 0 unspecified atom stereocenters. The predicted molar refractivity (Wildman–Crippen MR) is 108 cm³/mol. The fraction of sp³-hybridized carbons (Fsp3) is 0.125. The number of carbonyl (C=O) groups is 1. The van der Waals surface area contributed by atoms with Crippen molar-refractivity contribution in [3.8, 4) is 5.75 Å². The van der Waals surface area contributed by atoms with Crippen LogP contribution in [0.2, 0.25) is 0 Å². The lowest BCUT2D eigenvalue weighted by atomic mass is 10.1. The molecule has 3 heteroatoms. The first-order chi connectivity index (χ1) is 13.2. The molecule has 0 radical (unpaired) electrons. The average molecular weight is 357 g/mol. The van der Waals surface area contributed by atoms with E-state index < -0.39 is 5.97 Å². The average Bonchev–Trinajstić information content (AvgIpc) is 2.71. The van der Waals surface area contributed by atoms with Crippen LogP contribution in [0.4, 0.5) is 0 Å². The van der Waals surface area contributed by atoms with Gasteiger partial charge in [-0.15, -0.1) is 0 Å².